The van der Waals surface area contributed by atoms with Crippen molar-refractivity contribution in [2.45, 2.75) is 6.92 Å². The monoisotopic (exact) mass is 237 g/mol. The van der Waals surface area contributed by atoms with Crippen molar-refractivity contribution in [3.8, 4) is 6.07 Å². The minimum Gasteiger partial charge on any atom is -0.306 e. The Kier molecular flexibility index (Phi) is 3.35. The van der Waals surface area contributed by atoms with Crippen molar-refractivity contribution in [1.82, 2.24) is 4.98 Å². The van der Waals surface area contributed by atoms with Gasteiger partial charge in [-0.3, -0.25) is 4.79 Å². The molecular formula is C14H11N3O. The zero-order valence-electron chi connectivity index (χ0n) is 9.84. The van der Waals surface area contributed by atoms with Crippen LogP contribution in [0, 0.1) is 18.3 Å². The number of rotatable bonds is 2. The number of carbonyl (C=O) groups is 1. The number of aryl methyl sites for hydroxylation is 1. The Balaban J connectivity index is 2.17. The first-order valence-corrected chi connectivity index (χ1v) is 5.44. The van der Waals surface area contributed by atoms with E-state index in [1.807, 2.05) is 25.1 Å². The van der Waals surface area contributed by atoms with Crippen LogP contribution in [0.3, 0.4) is 0 Å². The first-order valence-electron chi connectivity index (χ1n) is 5.44. The molecule has 88 valence electrons. The summed E-state index contributed by atoms with van der Waals surface area (Å²) in [5.41, 5.74) is 1.93. The number of nitrogens with zero attached hydrogens (tertiary/aromatic N) is 2. The van der Waals surface area contributed by atoms with Gasteiger partial charge in [-0.05, 0) is 42.8 Å². The Bertz CT molecular complexity index is 612. The molecule has 0 aliphatic rings. The Labute approximate surface area is 105 Å². The van der Waals surface area contributed by atoms with E-state index < -0.39 is 0 Å². The molecule has 0 radical (unpaired) electrons. The second-order valence-electron chi connectivity index (χ2n) is 3.81. The lowest BCUT2D eigenvalue weighted by molar-refractivity contribution is 0.102. The highest BCUT2D eigenvalue weighted by molar-refractivity contribution is 6.04. The van der Waals surface area contributed by atoms with Gasteiger partial charge in [-0.25, -0.2) is 4.98 Å². The third-order valence-corrected chi connectivity index (χ3v) is 2.52. The maximum atomic E-state index is 11.9. The van der Waals surface area contributed by atoms with E-state index in [1.54, 1.807) is 30.5 Å². The van der Waals surface area contributed by atoms with Gasteiger partial charge in [0.2, 0.25) is 0 Å². The molecule has 0 aliphatic heterocycles. The van der Waals surface area contributed by atoms with E-state index in [0.717, 1.165) is 5.56 Å². The largest absolute Gasteiger partial charge is 0.306 e. The third kappa shape index (κ3) is 2.53. The van der Waals surface area contributed by atoms with Gasteiger partial charge in [-0.1, -0.05) is 6.07 Å². The summed E-state index contributed by atoms with van der Waals surface area (Å²) >= 11 is 0. The molecule has 0 saturated carbocycles. The van der Waals surface area contributed by atoms with Crippen molar-refractivity contribution >= 4 is 11.7 Å². The fourth-order valence-electron chi connectivity index (χ4n) is 1.49. The predicted octanol–water partition coefficient (Wildman–Crippen LogP) is 2.51. The highest BCUT2D eigenvalue weighted by atomic mass is 16.1. The van der Waals surface area contributed by atoms with E-state index in [9.17, 15) is 4.79 Å². The molecule has 0 unspecified atom stereocenters. The van der Waals surface area contributed by atoms with Gasteiger partial charge >= 0.3 is 0 Å². The summed E-state index contributed by atoms with van der Waals surface area (Å²) in [6, 6.07) is 12.2. The lowest BCUT2D eigenvalue weighted by Crippen LogP contribution is -2.13. The molecule has 1 heterocycles. The fraction of sp³-hybridized carbons (Fsp3) is 0.0714. The molecule has 0 fully saturated rings. The molecule has 4 nitrogen and oxygen atoms in total. The number of nitrogens with one attached hydrogen (secondary N) is 1. The van der Waals surface area contributed by atoms with Gasteiger partial charge in [-0.15, -0.1) is 0 Å². The molecule has 2 aromatic rings. The summed E-state index contributed by atoms with van der Waals surface area (Å²) in [7, 11) is 0. The van der Waals surface area contributed by atoms with Crippen molar-refractivity contribution in [3.05, 3.63) is 59.3 Å². The summed E-state index contributed by atoms with van der Waals surface area (Å²) < 4.78 is 0. The molecule has 0 saturated heterocycles. The van der Waals surface area contributed by atoms with Gasteiger partial charge in [0.15, 0.2) is 0 Å². The van der Waals surface area contributed by atoms with Crippen LogP contribution < -0.4 is 5.32 Å². The fourth-order valence-corrected chi connectivity index (χ4v) is 1.49. The van der Waals surface area contributed by atoms with E-state index in [2.05, 4.69) is 10.3 Å². The number of nitriles is 1. The van der Waals surface area contributed by atoms with Crippen LogP contribution >= 0.6 is 0 Å². The molecule has 0 spiro atoms. The van der Waals surface area contributed by atoms with E-state index in [4.69, 9.17) is 5.26 Å². The number of aromatic nitrogens is 1. The highest BCUT2D eigenvalue weighted by Gasteiger charge is 2.07. The predicted molar refractivity (Wildman–Crippen MR) is 68.1 cm³/mol. The topological polar surface area (TPSA) is 65.8 Å². The number of hydrogen-bond acceptors (Lipinski definition) is 3. The van der Waals surface area contributed by atoms with Crippen molar-refractivity contribution in [2.24, 2.45) is 0 Å². The summed E-state index contributed by atoms with van der Waals surface area (Å²) in [5, 5.41) is 11.4. The van der Waals surface area contributed by atoms with Crippen molar-refractivity contribution < 1.29 is 4.79 Å². The van der Waals surface area contributed by atoms with Gasteiger partial charge in [0, 0.05) is 11.8 Å². The van der Waals surface area contributed by atoms with Gasteiger partial charge in [0.05, 0.1) is 11.6 Å². The van der Waals surface area contributed by atoms with Crippen LogP contribution in [-0.2, 0) is 0 Å². The summed E-state index contributed by atoms with van der Waals surface area (Å²) in [6.45, 7) is 1.88. The summed E-state index contributed by atoms with van der Waals surface area (Å²) in [6.07, 6.45) is 1.63. The smallest absolute Gasteiger partial charge is 0.256 e. The van der Waals surface area contributed by atoms with Crippen molar-refractivity contribution in [2.75, 3.05) is 5.32 Å². The Morgan fingerprint density at radius 1 is 1.28 bits per heavy atom. The molecule has 1 aromatic carbocycles. The minimum atomic E-state index is -0.235. The molecule has 0 atom stereocenters. The van der Waals surface area contributed by atoms with Gasteiger partial charge in [0.25, 0.3) is 5.91 Å². The van der Waals surface area contributed by atoms with Gasteiger partial charge < -0.3 is 5.32 Å². The molecule has 1 amide bonds. The average Bonchev–Trinajstić information content (AvgIpc) is 2.41. The van der Waals surface area contributed by atoms with Crippen LogP contribution in [-0.4, -0.2) is 10.9 Å². The number of pyridine rings is 1. The molecular weight excluding hydrogens is 226 g/mol. The first-order chi connectivity index (χ1) is 8.70. The lowest BCUT2D eigenvalue weighted by Gasteiger charge is -2.06. The molecule has 4 heteroatoms. The number of carbonyl (C=O) groups excluding carboxylic acids is 1. The number of hydrogen-bond donors (Lipinski definition) is 1. The van der Waals surface area contributed by atoms with Crippen LogP contribution in [0.25, 0.3) is 0 Å². The van der Waals surface area contributed by atoms with Crippen LogP contribution in [0.4, 0.5) is 5.82 Å². The van der Waals surface area contributed by atoms with E-state index in [0.29, 0.717) is 16.9 Å². The van der Waals surface area contributed by atoms with Crippen LogP contribution in [0.5, 0.6) is 0 Å². The lowest BCUT2D eigenvalue weighted by atomic mass is 10.1. The summed E-state index contributed by atoms with van der Waals surface area (Å²) in [5.74, 6) is 0.313. The highest BCUT2D eigenvalue weighted by Crippen LogP contribution is 2.11. The van der Waals surface area contributed by atoms with Gasteiger partial charge in [0.1, 0.15) is 5.82 Å². The second kappa shape index (κ2) is 5.11. The number of amides is 1. The standard InChI is InChI=1S/C14H11N3O/c1-10-3-2-8-16-13(10)17-14(18)12-6-4-11(9-15)5-7-12/h2-8H,1H3,(H,16,17,18). The van der Waals surface area contributed by atoms with Crippen LogP contribution in [0.1, 0.15) is 21.5 Å². The SMILES string of the molecule is Cc1cccnc1NC(=O)c1ccc(C#N)cc1. The molecule has 1 aromatic heterocycles. The van der Waals surface area contributed by atoms with Crippen LogP contribution in [0.2, 0.25) is 0 Å². The van der Waals surface area contributed by atoms with Crippen LogP contribution in [0.15, 0.2) is 42.6 Å². The van der Waals surface area contributed by atoms with E-state index in [-0.39, 0.29) is 5.91 Å². The van der Waals surface area contributed by atoms with E-state index >= 15 is 0 Å². The first kappa shape index (κ1) is 11.8. The maximum Gasteiger partial charge on any atom is 0.256 e. The zero-order valence-corrected chi connectivity index (χ0v) is 9.84. The Hall–Kier alpha value is -2.67. The molecule has 1 N–H and O–H groups in total. The van der Waals surface area contributed by atoms with Crippen molar-refractivity contribution in [3.63, 3.8) is 0 Å². The third-order valence-electron chi connectivity index (χ3n) is 2.52. The van der Waals surface area contributed by atoms with Crippen molar-refractivity contribution in [1.29, 1.82) is 5.26 Å². The molecule has 2 rings (SSSR count). The Morgan fingerprint density at radius 2 is 2.00 bits per heavy atom. The number of benzene rings is 1. The Morgan fingerprint density at radius 3 is 2.61 bits per heavy atom. The van der Waals surface area contributed by atoms with E-state index in [1.165, 1.54) is 0 Å². The summed E-state index contributed by atoms with van der Waals surface area (Å²) in [4.78, 5) is 16.0. The second-order valence-corrected chi connectivity index (χ2v) is 3.81. The number of anilines is 1. The molecule has 18 heavy (non-hydrogen) atoms. The normalized spacial score (nSPS) is 9.56. The quantitative estimate of drug-likeness (QED) is 0.872. The average molecular weight is 237 g/mol. The molecule has 0 bridgehead atoms. The zero-order chi connectivity index (χ0) is 13.0. The molecule has 0 aliphatic carbocycles. The maximum absolute atomic E-state index is 11.9. The minimum absolute atomic E-state index is 0.235. The van der Waals surface area contributed by atoms with Gasteiger partial charge in [-0.2, -0.15) is 5.26 Å².